The van der Waals surface area contributed by atoms with E-state index in [0.29, 0.717) is 12.3 Å². The van der Waals surface area contributed by atoms with Crippen LogP contribution in [0.3, 0.4) is 0 Å². The fraction of sp³-hybridized carbons (Fsp3) is 0.0385. The van der Waals surface area contributed by atoms with Crippen LogP contribution in [0.4, 0.5) is 5.69 Å². The fourth-order valence-corrected chi connectivity index (χ4v) is 3.94. The van der Waals surface area contributed by atoms with E-state index in [1.54, 1.807) is 17.2 Å². The number of fused-ring (bicyclic) bond motifs is 2. The summed E-state index contributed by atoms with van der Waals surface area (Å²) in [5.41, 5.74) is 5.95. The van der Waals surface area contributed by atoms with Gasteiger partial charge in [0.25, 0.3) is 5.91 Å². The highest BCUT2D eigenvalue weighted by Gasteiger charge is 2.33. The molecule has 0 radical (unpaired) electrons. The van der Waals surface area contributed by atoms with Gasteiger partial charge in [-0.1, -0.05) is 72.8 Å². The lowest BCUT2D eigenvalue weighted by atomic mass is 10.1. The van der Waals surface area contributed by atoms with Gasteiger partial charge in [0.05, 0.1) is 17.6 Å². The third-order valence-electron chi connectivity index (χ3n) is 5.36. The van der Waals surface area contributed by atoms with Crippen LogP contribution < -0.4 is 4.90 Å². The topological polar surface area (TPSA) is 60.8 Å². The number of para-hydroxylation sites is 2. The first-order valence-corrected chi connectivity index (χ1v) is 10.1. The van der Waals surface area contributed by atoms with Crippen LogP contribution in [0.25, 0.3) is 22.2 Å². The van der Waals surface area contributed by atoms with Crippen molar-refractivity contribution in [2.24, 2.45) is 10.2 Å². The number of carbonyl (C=O) groups is 1. The van der Waals surface area contributed by atoms with Crippen LogP contribution in [0.15, 0.2) is 102 Å². The predicted molar refractivity (Wildman–Crippen MR) is 127 cm³/mol. The second kappa shape index (κ2) is 7.88. The average molecular weight is 404 g/mol. The lowest BCUT2D eigenvalue weighted by molar-refractivity contribution is -0.112. The van der Waals surface area contributed by atoms with E-state index in [-0.39, 0.29) is 5.91 Å². The molecule has 31 heavy (non-hydrogen) atoms. The molecule has 1 aliphatic heterocycles. The monoisotopic (exact) mass is 404 g/mol. The molecule has 0 saturated heterocycles. The van der Waals surface area contributed by atoms with Crippen LogP contribution in [-0.4, -0.2) is 29.4 Å². The second-order valence-corrected chi connectivity index (χ2v) is 7.24. The van der Waals surface area contributed by atoms with Gasteiger partial charge in [0.15, 0.2) is 5.71 Å². The van der Waals surface area contributed by atoms with Gasteiger partial charge in [0.2, 0.25) is 0 Å². The Morgan fingerprint density at radius 1 is 0.935 bits per heavy atom. The first-order valence-electron chi connectivity index (χ1n) is 10.1. The molecule has 4 aromatic rings. The molecule has 0 atom stereocenters. The number of rotatable bonds is 5. The standard InChI is InChI=1S/C26H20N4O/c1-2-16-30-23-15-9-7-13-20(23)25(26(30)31)29-27-17-21-19-12-6-8-14-22(19)28-24(21)18-10-4-3-5-11-18/h2-15,17,28H,1,16H2/b27-17+,29-25+. The van der Waals surface area contributed by atoms with Gasteiger partial charge < -0.3 is 9.88 Å². The maximum atomic E-state index is 12.9. The summed E-state index contributed by atoms with van der Waals surface area (Å²) in [6, 6.07) is 25.8. The van der Waals surface area contributed by atoms with Gasteiger partial charge in [-0.15, -0.1) is 11.7 Å². The number of benzene rings is 3. The molecular weight excluding hydrogens is 384 g/mol. The number of amides is 1. The number of carbonyl (C=O) groups excluding carboxylic acids is 1. The van der Waals surface area contributed by atoms with Gasteiger partial charge in [-0.3, -0.25) is 4.79 Å². The fourth-order valence-electron chi connectivity index (χ4n) is 3.94. The molecule has 150 valence electrons. The summed E-state index contributed by atoms with van der Waals surface area (Å²) in [6.07, 6.45) is 3.43. The van der Waals surface area contributed by atoms with Crippen molar-refractivity contribution < 1.29 is 4.79 Å². The molecule has 0 fully saturated rings. The van der Waals surface area contributed by atoms with Gasteiger partial charge in [0.1, 0.15) is 0 Å². The van der Waals surface area contributed by atoms with E-state index in [1.165, 1.54) is 0 Å². The summed E-state index contributed by atoms with van der Waals surface area (Å²) in [5.74, 6) is -0.166. The predicted octanol–water partition coefficient (Wildman–Crippen LogP) is 5.19. The Balaban J connectivity index is 1.58. The Morgan fingerprint density at radius 2 is 1.68 bits per heavy atom. The third kappa shape index (κ3) is 3.26. The minimum atomic E-state index is -0.166. The number of anilines is 1. The van der Waals surface area contributed by atoms with Crippen molar-refractivity contribution in [1.29, 1.82) is 0 Å². The molecule has 0 saturated carbocycles. The maximum Gasteiger partial charge on any atom is 0.279 e. The summed E-state index contributed by atoms with van der Waals surface area (Å²) in [5, 5.41) is 9.74. The maximum absolute atomic E-state index is 12.9. The van der Waals surface area contributed by atoms with Gasteiger partial charge in [-0.2, -0.15) is 5.10 Å². The van der Waals surface area contributed by atoms with Crippen LogP contribution >= 0.6 is 0 Å². The number of aromatic nitrogens is 1. The third-order valence-corrected chi connectivity index (χ3v) is 5.36. The average Bonchev–Trinajstić information content (AvgIpc) is 3.31. The zero-order valence-electron chi connectivity index (χ0n) is 16.8. The van der Waals surface area contributed by atoms with Crippen molar-refractivity contribution in [3.05, 3.63) is 103 Å². The van der Waals surface area contributed by atoms with Gasteiger partial charge in [-0.25, -0.2) is 0 Å². The van der Waals surface area contributed by atoms with Gasteiger partial charge in [-0.05, 0) is 17.7 Å². The molecule has 1 aromatic heterocycles. The lowest BCUT2D eigenvalue weighted by Gasteiger charge is -2.13. The SMILES string of the molecule is C=CCN1C(=O)/C(=N/N=C/c2c(-c3ccccc3)[nH]c3ccccc23)c2ccccc21. The van der Waals surface area contributed by atoms with Crippen LogP contribution in [0.5, 0.6) is 0 Å². The van der Waals surface area contributed by atoms with Crippen molar-refractivity contribution in [3.8, 4) is 11.3 Å². The summed E-state index contributed by atoms with van der Waals surface area (Å²) < 4.78 is 0. The highest BCUT2D eigenvalue weighted by atomic mass is 16.2. The summed E-state index contributed by atoms with van der Waals surface area (Å²) in [7, 11) is 0. The Kier molecular flexibility index (Phi) is 4.77. The Hall–Kier alpha value is -4.25. The van der Waals surface area contributed by atoms with E-state index in [0.717, 1.165) is 39.0 Å². The largest absolute Gasteiger partial charge is 0.354 e. The smallest absolute Gasteiger partial charge is 0.279 e. The number of nitrogens with zero attached hydrogens (tertiary/aromatic N) is 3. The molecule has 1 N–H and O–H groups in total. The molecule has 1 aliphatic rings. The number of H-pyrrole nitrogens is 1. The molecule has 5 heteroatoms. The van der Waals surface area contributed by atoms with Crippen molar-refractivity contribution in [1.82, 2.24) is 4.98 Å². The summed E-state index contributed by atoms with van der Waals surface area (Å²) in [6.45, 7) is 4.18. The van der Waals surface area contributed by atoms with Crippen molar-refractivity contribution in [2.75, 3.05) is 11.4 Å². The summed E-state index contributed by atoms with van der Waals surface area (Å²) >= 11 is 0. The van der Waals surface area contributed by atoms with Crippen molar-refractivity contribution in [3.63, 3.8) is 0 Å². The minimum Gasteiger partial charge on any atom is -0.354 e. The molecule has 2 heterocycles. The molecule has 0 unspecified atom stereocenters. The molecule has 3 aromatic carbocycles. The molecule has 0 aliphatic carbocycles. The summed E-state index contributed by atoms with van der Waals surface area (Å²) in [4.78, 5) is 18.1. The Labute approximate surface area is 180 Å². The van der Waals surface area contributed by atoms with Crippen LogP contribution in [0, 0.1) is 0 Å². The quantitative estimate of drug-likeness (QED) is 0.278. The van der Waals surface area contributed by atoms with E-state index in [1.807, 2.05) is 60.7 Å². The first kappa shape index (κ1) is 18.8. The second-order valence-electron chi connectivity index (χ2n) is 7.24. The highest BCUT2D eigenvalue weighted by molar-refractivity contribution is 6.54. The Morgan fingerprint density at radius 3 is 2.52 bits per heavy atom. The first-order chi connectivity index (χ1) is 15.3. The zero-order valence-corrected chi connectivity index (χ0v) is 16.8. The van der Waals surface area contributed by atoms with Gasteiger partial charge in [0, 0.05) is 28.6 Å². The zero-order chi connectivity index (χ0) is 21.2. The molecule has 5 rings (SSSR count). The molecular formula is C26H20N4O. The molecule has 5 nitrogen and oxygen atoms in total. The van der Waals surface area contributed by atoms with E-state index in [2.05, 4.69) is 40.0 Å². The highest BCUT2D eigenvalue weighted by Crippen LogP contribution is 2.30. The lowest BCUT2D eigenvalue weighted by Crippen LogP contribution is -2.30. The minimum absolute atomic E-state index is 0.166. The normalized spacial score (nSPS) is 14.6. The molecule has 0 spiro atoms. The van der Waals surface area contributed by atoms with Crippen LogP contribution in [0.2, 0.25) is 0 Å². The van der Waals surface area contributed by atoms with E-state index in [4.69, 9.17) is 0 Å². The van der Waals surface area contributed by atoms with Gasteiger partial charge >= 0.3 is 0 Å². The molecule has 0 bridgehead atoms. The van der Waals surface area contributed by atoms with Crippen LogP contribution in [0.1, 0.15) is 11.1 Å². The number of nitrogens with one attached hydrogen (secondary N) is 1. The van der Waals surface area contributed by atoms with Crippen molar-refractivity contribution in [2.45, 2.75) is 0 Å². The van der Waals surface area contributed by atoms with Crippen LogP contribution in [-0.2, 0) is 4.79 Å². The number of aromatic amines is 1. The van der Waals surface area contributed by atoms with E-state index >= 15 is 0 Å². The Bertz CT molecular complexity index is 1350. The van der Waals surface area contributed by atoms with E-state index < -0.39 is 0 Å². The number of hydrogen-bond donors (Lipinski definition) is 1. The van der Waals surface area contributed by atoms with E-state index in [9.17, 15) is 4.79 Å². The van der Waals surface area contributed by atoms with Crippen molar-refractivity contribution >= 4 is 34.4 Å². The molecule has 1 amide bonds. The number of hydrogen-bond acceptors (Lipinski definition) is 3.